The summed E-state index contributed by atoms with van der Waals surface area (Å²) in [5.41, 5.74) is 1.96. The normalized spacial score (nSPS) is 12.2. The molecule has 1 unspecified atom stereocenters. The van der Waals surface area contributed by atoms with Gasteiger partial charge >= 0.3 is 0 Å². The van der Waals surface area contributed by atoms with Crippen LogP contribution in [0.1, 0.15) is 43.1 Å². The number of carbonyl (C=O) groups excluding carboxylic acids is 1. The molecule has 2 nitrogen and oxygen atoms in total. The molecule has 0 aromatic heterocycles. The van der Waals surface area contributed by atoms with Gasteiger partial charge in [-0.15, -0.1) is 0 Å². The Balaban J connectivity index is 2.74. The van der Waals surface area contributed by atoms with E-state index in [-0.39, 0.29) is 18.1 Å². The first-order chi connectivity index (χ1) is 8.04. The first kappa shape index (κ1) is 13.4. The first-order valence-electron chi connectivity index (χ1n) is 6.04. The predicted molar refractivity (Wildman–Crippen MR) is 68.7 cm³/mol. The van der Waals surface area contributed by atoms with Gasteiger partial charge in [-0.1, -0.05) is 45.0 Å². The van der Waals surface area contributed by atoms with Gasteiger partial charge < -0.3 is 0 Å². The molecule has 0 saturated carbocycles. The lowest BCUT2D eigenvalue weighted by Crippen LogP contribution is -2.10. The second-order valence-corrected chi connectivity index (χ2v) is 4.92. The Morgan fingerprint density at radius 2 is 1.82 bits per heavy atom. The third kappa shape index (κ3) is 4.03. The number of Topliss-reactive ketones (excluding diaryl/α,β-unsaturated/α-hetero) is 1. The summed E-state index contributed by atoms with van der Waals surface area (Å²) < 4.78 is 0. The van der Waals surface area contributed by atoms with Crippen LogP contribution >= 0.6 is 0 Å². The highest BCUT2D eigenvalue weighted by Crippen LogP contribution is 2.14. The molecule has 90 valence electrons. The standard InChI is InChI=1S/C15H19NO/c1-11(2)10-13-4-6-14(7-5-13)15(17)12(3)8-9-16/h4-7,11-12H,8,10H2,1-3H3. The summed E-state index contributed by atoms with van der Waals surface area (Å²) in [7, 11) is 0. The van der Waals surface area contributed by atoms with Crippen molar-refractivity contribution in [2.75, 3.05) is 0 Å². The highest BCUT2D eigenvalue weighted by Gasteiger charge is 2.14. The molecule has 1 rings (SSSR count). The fraction of sp³-hybridized carbons (Fsp3) is 0.467. The number of nitrogens with zero attached hydrogens (tertiary/aromatic N) is 1. The average Bonchev–Trinajstić information content (AvgIpc) is 2.28. The van der Waals surface area contributed by atoms with Crippen molar-refractivity contribution in [3.63, 3.8) is 0 Å². The molecule has 0 spiro atoms. The molecule has 17 heavy (non-hydrogen) atoms. The van der Waals surface area contributed by atoms with Crippen LogP contribution in [0.5, 0.6) is 0 Å². The molecule has 0 N–H and O–H groups in total. The van der Waals surface area contributed by atoms with Gasteiger partial charge in [0.25, 0.3) is 0 Å². The Kier molecular flexibility index (Phi) is 4.90. The lowest BCUT2D eigenvalue weighted by atomic mass is 9.95. The molecule has 1 aromatic carbocycles. The van der Waals surface area contributed by atoms with E-state index in [0.717, 1.165) is 6.42 Å². The van der Waals surface area contributed by atoms with E-state index in [9.17, 15) is 4.79 Å². The molecule has 1 atom stereocenters. The van der Waals surface area contributed by atoms with Crippen molar-refractivity contribution in [3.05, 3.63) is 35.4 Å². The van der Waals surface area contributed by atoms with Gasteiger partial charge in [0.1, 0.15) is 0 Å². The molecular formula is C15H19NO. The van der Waals surface area contributed by atoms with E-state index in [1.165, 1.54) is 5.56 Å². The fourth-order valence-corrected chi connectivity index (χ4v) is 1.79. The smallest absolute Gasteiger partial charge is 0.166 e. The van der Waals surface area contributed by atoms with Crippen LogP contribution < -0.4 is 0 Å². The van der Waals surface area contributed by atoms with Gasteiger partial charge in [0.05, 0.1) is 6.07 Å². The maximum absolute atomic E-state index is 11.9. The van der Waals surface area contributed by atoms with Crippen LogP contribution in [0.2, 0.25) is 0 Å². The van der Waals surface area contributed by atoms with Crippen molar-refractivity contribution in [2.24, 2.45) is 11.8 Å². The SMILES string of the molecule is CC(C)Cc1ccc(C(=O)C(C)CC#N)cc1. The van der Waals surface area contributed by atoms with Gasteiger partial charge in [0.15, 0.2) is 5.78 Å². The zero-order valence-electron chi connectivity index (χ0n) is 10.7. The van der Waals surface area contributed by atoms with Crippen molar-refractivity contribution in [3.8, 4) is 6.07 Å². The summed E-state index contributed by atoms with van der Waals surface area (Å²) in [6, 6.07) is 9.79. The Hall–Kier alpha value is -1.62. The van der Waals surface area contributed by atoms with Crippen LogP contribution in [0.25, 0.3) is 0 Å². The van der Waals surface area contributed by atoms with Gasteiger partial charge in [-0.05, 0) is 17.9 Å². The van der Waals surface area contributed by atoms with Gasteiger partial charge in [-0.3, -0.25) is 4.79 Å². The fourth-order valence-electron chi connectivity index (χ4n) is 1.79. The van der Waals surface area contributed by atoms with Crippen molar-refractivity contribution >= 4 is 5.78 Å². The van der Waals surface area contributed by atoms with Crippen molar-refractivity contribution in [2.45, 2.75) is 33.6 Å². The third-order valence-corrected chi connectivity index (χ3v) is 2.73. The number of carbonyl (C=O) groups is 1. The summed E-state index contributed by atoms with van der Waals surface area (Å²) in [5, 5.41) is 8.57. The quantitative estimate of drug-likeness (QED) is 0.723. The Morgan fingerprint density at radius 3 is 2.29 bits per heavy atom. The summed E-state index contributed by atoms with van der Waals surface area (Å²) >= 11 is 0. The van der Waals surface area contributed by atoms with E-state index >= 15 is 0 Å². The molecule has 0 aliphatic rings. The molecule has 0 aliphatic heterocycles. The Morgan fingerprint density at radius 1 is 1.24 bits per heavy atom. The van der Waals surface area contributed by atoms with Crippen LogP contribution in [-0.4, -0.2) is 5.78 Å². The number of benzene rings is 1. The van der Waals surface area contributed by atoms with Gasteiger partial charge in [0.2, 0.25) is 0 Å². The molecule has 1 aromatic rings. The lowest BCUT2D eigenvalue weighted by molar-refractivity contribution is 0.0932. The van der Waals surface area contributed by atoms with Crippen LogP contribution in [0.4, 0.5) is 0 Å². The van der Waals surface area contributed by atoms with Crippen LogP contribution in [0.3, 0.4) is 0 Å². The van der Waals surface area contributed by atoms with Gasteiger partial charge in [0, 0.05) is 17.9 Å². The molecule has 0 radical (unpaired) electrons. The van der Waals surface area contributed by atoms with E-state index in [1.54, 1.807) is 6.92 Å². The van der Waals surface area contributed by atoms with Crippen molar-refractivity contribution in [1.82, 2.24) is 0 Å². The maximum Gasteiger partial charge on any atom is 0.166 e. The first-order valence-corrected chi connectivity index (χ1v) is 6.04. The summed E-state index contributed by atoms with van der Waals surface area (Å²) in [6.45, 7) is 6.15. The highest BCUT2D eigenvalue weighted by atomic mass is 16.1. The highest BCUT2D eigenvalue weighted by molar-refractivity contribution is 5.97. The number of nitriles is 1. The number of hydrogen-bond acceptors (Lipinski definition) is 2. The second kappa shape index (κ2) is 6.20. The Labute approximate surface area is 103 Å². The molecule has 0 saturated heterocycles. The van der Waals surface area contributed by atoms with Crippen LogP contribution in [0.15, 0.2) is 24.3 Å². The van der Waals surface area contributed by atoms with Gasteiger partial charge in [-0.2, -0.15) is 5.26 Å². The number of ketones is 1. The minimum atomic E-state index is -0.212. The van der Waals surface area contributed by atoms with E-state index in [1.807, 2.05) is 30.3 Å². The zero-order chi connectivity index (χ0) is 12.8. The van der Waals surface area contributed by atoms with Crippen LogP contribution in [-0.2, 0) is 6.42 Å². The van der Waals surface area contributed by atoms with Crippen molar-refractivity contribution < 1.29 is 4.79 Å². The third-order valence-electron chi connectivity index (χ3n) is 2.73. The molecule has 0 fully saturated rings. The summed E-state index contributed by atoms with van der Waals surface area (Å²) in [6.07, 6.45) is 1.31. The molecular weight excluding hydrogens is 210 g/mol. The topological polar surface area (TPSA) is 40.9 Å². The molecule has 0 bridgehead atoms. The summed E-state index contributed by atoms with van der Waals surface area (Å²) in [4.78, 5) is 11.9. The van der Waals surface area contributed by atoms with E-state index < -0.39 is 0 Å². The maximum atomic E-state index is 11.9. The number of rotatable bonds is 5. The molecule has 0 aliphatic carbocycles. The number of hydrogen-bond donors (Lipinski definition) is 0. The molecule has 0 amide bonds. The monoisotopic (exact) mass is 229 g/mol. The van der Waals surface area contributed by atoms with E-state index in [4.69, 9.17) is 5.26 Å². The molecule has 0 heterocycles. The predicted octanol–water partition coefficient (Wildman–Crippen LogP) is 3.62. The van der Waals surface area contributed by atoms with E-state index in [2.05, 4.69) is 13.8 Å². The largest absolute Gasteiger partial charge is 0.294 e. The van der Waals surface area contributed by atoms with E-state index in [0.29, 0.717) is 11.5 Å². The zero-order valence-corrected chi connectivity index (χ0v) is 10.7. The second-order valence-electron chi connectivity index (χ2n) is 4.92. The van der Waals surface area contributed by atoms with Gasteiger partial charge in [-0.25, -0.2) is 0 Å². The summed E-state index contributed by atoms with van der Waals surface area (Å²) in [5.74, 6) is 0.465. The minimum absolute atomic E-state index is 0.0580. The average molecular weight is 229 g/mol. The van der Waals surface area contributed by atoms with Crippen molar-refractivity contribution in [1.29, 1.82) is 5.26 Å². The minimum Gasteiger partial charge on any atom is -0.294 e. The molecule has 2 heteroatoms. The Bertz CT molecular complexity index is 412. The van der Waals surface area contributed by atoms with Crippen LogP contribution in [0, 0.1) is 23.2 Å². The lowest BCUT2D eigenvalue weighted by Gasteiger charge is -2.08.